The van der Waals surface area contributed by atoms with Crippen LogP contribution in [0.3, 0.4) is 0 Å². The van der Waals surface area contributed by atoms with E-state index in [1.54, 1.807) is 0 Å². The maximum Gasteiger partial charge on any atom is 0.136 e. The molecule has 1 aliphatic heterocycles. The van der Waals surface area contributed by atoms with Crippen LogP contribution in [0.15, 0.2) is 59.0 Å². The number of rotatable bonds is 1. The zero-order valence-corrected chi connectivity index (χ0v) is 15.4. The van der Waals surface area contributed by atoms with E-state index >= 15 is 0 Å². The minimum absolute atomic E-state index is 0.423. The van der Waals surface area contributed by atoms with E-state index in [4.69, 9.17) is 14.1 Å². The van der Waals surface area contributed by atoms with Crippen molar-refractivity contribution in [2.45, 2.75) is 38.9 Å². The monoisotopic (exact) mass is 347 g/mol. The fourth-order valence-corrected chi connectivity index (χ4v) is 3.41. The van der Waals surface area contributed by atoms with Gasteiger partial charge in [0, 0.05) is 10.8 Å². The molecule has 0 atom stereocenters. The third kappa shape index (κ3) is 2.09. The first-order chi connectivity index (χ1) is 12.4. The average Bonchev–Trinajstić information content (AvgIpc) is 3.08. The van der Waals surface area contributed by atoms with Gasteiger partial charge >= 0.3 is 0 Å². The van der Waals surface area contributed by atoms with E-state index in [2.05, 4.69) is 36.4 Å². The topological polar surface area (TPSA) is 34.8 Å². The molecule has 26 heavy (non-hydrogen) atoms. The molecule has 1 fully saturated rings. The Morgan fingerprint density at radius 2 is 1.42 bits per heavy atom. The predicted octanol–water partition coefficient (Wildman–Crippen LogP) is 5.98. The second-order valence-electron chi connectivity index (χ2n) is 7.90. The molecule has 1 saturated heterocycles. The molecule has 3 aromatic carbocycles. The van der Waals surface area contributed by atoms with Crippen LogP contribution in [0, 0.1) is 0 Å². The lowest BCUT2D eigenvalue weighted by Gasteiger charge is -2.26. The van der Waals surface area contributed by atoms with Gasteiger partial charge in [-0.15, -0.1) is 5.23 Å². The highest BCUT2D eigenvalue weighted by Gasteiger charge is 2.50. The second kappa shape index (κ2) is 5.00. The summed E-state index contributed by atoms with van der Waals surface area (Å²) >= 11 is 0. The van der Waals surface area contributed by atoms with Crippen molar-refractivity contribution in [1.29, 1.82) is 0 Å². The number of benzene rings is 3. The van der Waals surface area contributed by atoms with Crippen LogP contribution in [0.2, 0.25) is 0 Å². The number of anilines is 1. The van der Waals surface area contributed by atoms with Crippen LogP contribution >= 0.6 is 0 Å². The zero-order chi connectivity index (χ0) is 18.1. The summed E-state index contributed by atoms with van der Waals surface area (Å²) in [7, 11) is 0. The van der Waals surface area contributed by atoms with Gasteiger partial charge in [-0.05, 0) is 62.7 Å². The van der Waals surface area contributed by atoms with Crippen LogP contribution in [0.5, 0.6) is 0 Å². The molecular formula is C22H21NO3. The molecular weight excluding hydrogens is 326 g/mol. The molecule has 4 nitrogen and oxygen atoms in total. The van der Waals surface area contributed by atoms with Crippen molar-refractivity contribution in [2.24, 2.45) is 0 Å². The number of furan rings is 1. The highest BCUT2D eigenvalue weighted by Crippen LogP contribution is 2.42. The van der Waals surface area contributed by atoms with E-state index in [0.717, 1.165) is 27.6 Å². The molecule has 0 amide bonds. The summed E-state index contributed by atoms with van der Waals surface area (Å²) in [6, 6.07) is 18.5. The lowest BCUT2D eigenvalue weighted by molar-refractivity contribution is -0.0272. The summed E-state index contributed by atoms with van der Waals surface area (Å²) in [5, 5.41) is 6.10. The molecule has 132 valence electrons. The summed E-state index contributed by atoms with van der Waals surface area (Å²) in [6.07, 6.45) is 0. The van der Waals surface area contributed by atoms with Crippen LogP contribution in [-0.4, -0.2) is 11.2 Å². The number of hydrogen-bond donors (Lipinski definition) is 0. The SMILES string of the molecule is CC1(C)ON(c2ccc3oc4ccc5ccccc5c4c3c2)OC1(C)C. The van der Waals surface area contributed by atoms with E-state index in [-0.39, 0.29) is 0 Å². The van der Waals surface area contributed by atoms with Gasteiger partial charge in [-0.1, -0.05) is 30.3 Å². The highest BCUT2D eigenvalue weighted by molar-refractivity contribution is 6.19. The first-order valence-electron chi connectivity index (χ1n) is 8.88. The third-order valence-corrected chi connectivity index (χ3v) is 5.63. The molecule has 0 spiro atoms. The summed E-state index contributed by atoms with van der Waals surface area (Å²) in [4.78, 5) is 12.1. The van der Waals surface area contributed by atoms with Crippen molar-refractivity contribution < 1.29 is 14.1 Å². The Bertz CT molecular complexity index is 1140. The van der Waals surface area contributed by atoms with E-state index in [1.165, 1.54) is 16.0 Å². The van der Waals surface area contributed by atoms with Crippen LogP contribution in [0.1, 0.15) is 27.7 Å². The first kappa shape index (κ1) is 15.7. The lowest BCUT2D eigenvalue weighted by atomic mass is 9.90. The summed E-state index contributed by atoms with van der Waals surface area (Å²) in [5.74, 6) is 0. The van der Waals surface area contributed by atoms with Crippen molar-refractivity contribution in [2.75, 3.05) is 5.23 Å². The van der Waals surface area contributed by atoms with Gasteiger partial charge in [0.2, 0.25) is 0 Å². The van der Waals surface area contributed by atoms with Crippen LogP contribution in [-0.2, 0) is 9.68 Å². The number of hydrogen-bond acceptors (Lipinski definition) is 4. The molecule has 0 unspecified atom stereocenters. The van der Waals surface area contributed by atoms with Crippen LogP contribution in [0.4, 0.5) is 5.69 Å². The quantitative estimate of drug-likeness (QED) is 0.424. The molecule has 0 bridgehead atoms. The highest BCUT2D eigenvalue weighted by atomic mass is 17.0. The predicted molar refractivity (Wildman–Crippen MR) is 104 cm³/mol. The Morgan fingerprint density at radius 1 is 0.731 bits per heavy atom. The zero-order valence-electron chi connectivity index (χ0n) is 15.4. The molecule has 0 saturated carbocycles. The summed E-state index contributed by atoms with van der Waals surface area (Å²) in [6.45, 7) is 8.14. The largest absolute Gasteiger partial charge is 0.456 e. The Kier molecular flexibility index (Phi) is 3.01. The standard InChI is InChI=1S/C22H21NO3/c1-21(2)22(3,4)26-23(25-21)15-10-12-18-17(13-15)20-16-8-6-5-7-14(16)9-11-19(20)24-18/h5-13H,1-4H3. The third-order valence-electron chi connectivity index (χ3n) is 5.63. The summed E-state index contributed by atoms with van der Waals surface area (Å²) in [5.41, 5.74) is 1.75. The molecule has 4 aromatic rings. The molecule has 4 heteroatoms. The Morgan fingerprint density at radius 3 is 2.19 bits per heavy atom. The fraction of sp³-hybridized carbons (Fsp3) is 0.273. The van der Waals surface area contributed by atoms with Crippen molar-refractivity contribution in [3.8, 4) is 0 Å². The van der Waals surface area contributed by atoms with Gasteiger partial charge in [0.25, 0.3) is 0 Å². The normalized spacial score (nSPS) is 19.0. The smallest absolute Gasteiger partial charge is 0.136 e. The lowest BCUT2D eigenvalue weighted by Crippen LogP contribution is -2.41. The minimum atomic E-state index is -0.423. The summed E-state index contributed by atoms with van der Waals surface area (Å²) < 4.78 is 6.06. The van der Waals surface area contributed by atoms with E-state index in [9.17, 15) is 0 Å². The number of fused-ring (bicyclic) bond motifs is 5. The molecule has 5 rings (SSSR count). The molecule has 1 aliphatic rings. The first-order valence-corrected chi connectivity index (χ1v) is 8.88. The maximum absolute atomic E-state index is 6.06. The Balaban J connectivity index is 1.72. The Hall–Kier alpha value is -2.56. The van der Waals surface area contributed by atoms with Gasteiger partial charge in [-0.25, -0.2) is 9.68 Å². The van der Waals surface area contributed by atoms with Crippen molar-refractivity contribution in [3.63, 3.8) is 0 Å². The maximum atomic E-state index is 6.06. The van der Waals surface area contributed by atoms with Crippen LogP contribution in [0.25, 0.3) is 32.7 Å². The van der Waals surface area contributed by atoms with E-state index in [1.807, 2.05) is 45.9 Å². The molecule has 2 heterocycles. The molecule has 0 radical (unpaired) electrons. The van der Waals surface area contributed by atoms with Gasteiger partial charge in [0.1, 0.15) is 22.4 Å². The van der Waals surface area contributed by atoms with Crippen LogP contribution < -0.4 is 5.23 Å². The van der Waals surface area contributed by atoms with E-state index in [0.29, 0.717) is 0 Å². The Labute approximate surface area is 151 Å². The van der Waals surface area contributed by atoms with Crippen molar-refractivity contribution in [1.82, 2.24) is 0 Å². The van der Waals surface area contributed by atoms with Gasteiger partial charge in [0.05, 0.1) is 5.69 Å². The van der Waals surface area contributed by atoms with Crippen molar-refractivity contribution >= 4 is 38.4 Å². The van der Waals surface area contributed by atoms with Crippen molar-refractivity contribution in [3.05, 3.63) is 54.6 Å². The molecule has 0 N–H and O–H groups in total. The minimum Gasteiger partial charge on any atom is -0.456 e. The van der Waals surface area contributed by atoms with Gasteiger partial charge in [-0.2, -0.15) is 0 Å². The molecule has 0 aliphatic carbocycles. The van der Waals surface area contributed by atoms with Gasteiger partial charge < -0.3 is 4.42 Å². The second-order valence-corrected chi connectivity index (χ2v) is 7.90. The molecule has 1 aromatic heterocycles. The fourth-order valence-electron chi connectivity index (χ4n) is 3.41. The average molecular weight is 347 g/mol. The van der Waals surface area contributed by atoms with Gasteiger partial charge in [-0.3, -0.25) is 0 Å². The van der Waals surface area contributed by atoms with Gasteiger partial charge in [0.15, 0.2) is 0 Å². The number of nitrogens with zero attached hydrogens (tertiary/aromatic N) is 1. The van der Waals surface area contributed by atoms with E-state index < -0.39 is 11.2 Å².